The minimum atomic E-state index is -2.82. The van der Waals surface area contributed by atoms with Crippen LogP contribution < -0.4 is 5.32 Å². The van der Waals surface area contributed by atoms with Gasteiger partial charge in [0.15, 0.2) is 0 Å². The maximum Gasteiger partial charge on any atom is 0.148 e. The number of nitrogens with one attached hydrogen (secondary N) is 1. The van der Waals surface area contributed by atoms with Gasteiger partial charge in [-0.15, -0.1) is 0 Å². The minimum Gasteiger partial charge on any atom is -0.313 e. The van der Waals surface area contributed by atoms with Gasteiger partial charge >= 0.3 is 0 Å². The molecule has 18 heavy (non-hydrogen) atoms. The minimum absolute atomic E-state index is 0.292. The fourth-order valence-corrected chi connectivity index (χ4v) is 4.53. The fraction of sp³-hybridized carbons (Fsp3) is 1.00. The van der Waals surface area contributed by atoms with Crippen molar-refractivity contribution in [3.8, 4) is 0 Å². The Labute approximate surface area is 117 Å². The number of thioether (sulfide) groups is 1. The molecule has 0 fully saturated rings. The summed E-state index contributed by atoms with van der Waals surface area (Å²) in [6.45, 7) is 7.62. The highest BCUT2D eigenvalue weighted by atomic mass is 32.2. The Morgan fingerprint density at radius 1 is 1.17 bits per heavy atom. The van der Waals surface area contributed by atoms with Gasteiger partial charge in [-0.05, 0) is 25.8 Å². The van der Waals surface area contributed by atoms with E-state index >= 15 is 0 Å². The summed E-state index contributed by atoms with van der Waals surface area (Å²) in [6, 6.07) is 0.518. The van der Waals surface area contributed by atoms with Crippen LogP contribution in [0, 0.1) is 0 Å². The van der Waals surface area contributed by atoms with Crippen molar-refractivity contribution in [2.24, 2.45) is 0 Å². The summed E-state index contributed by atoms with van der Waals surface area (Å²) in [5.41, 5.74) is 0. The molecule has 0 aromatic rings. The van der Waals surface area contributed by atoms with E-state index in [0.717, 1.165) is 19.4 Å². The SMILES string of the molecule is CCCNC(CCC)C(CC)SCCS(C)(=O)=O. The van der Waals surface area contributed by atoms with E-state index < -0.39 is 9.84 Å². The van der Waals surface area contributed by atoms with E-state index in [-0.39, 0.29) is 0 Å². The highest BCUT2D eigenvalue weighted by Crippen LogP contribution is 2.21. The van der Waals surface area contributed by atoms with Crippen molar-refractivity contribution in [3.63, 3.8) is 0 Å². The summed E-state index contributed by atoms with van der Waals surface area (Å²) >= 11 is 1.81. The summed E-state index contributed by atoms with van der Waals surface area (Å²) in [6.07, 6.45) is 5.89. The molecule has 0 saturated heterocycles. The molecule has 0 amide bonds. The van der Waals surface area contributed by atoms with Gasteiger partial charge in [0.25, 0.3) is 0 Å². The van der Waals surface area contributed by atoms with E-state index in [1.54, 1.807) is 11.8 Å². The Kier molecular flexibility index (Phi) is 10.2. The van der Waals surface area contributed by atoms with Gasteiger partial charge in [0.1, 0.15) is 9.84 Å². The van der Waals surface area contributed by atoms with Crippen molar-refractivity contribution in [2.45, 2.75) is 57.7 Å². The van der Waals surface area contributed by atoms with Gasteiger partial charge in [-0.2, -0.15) is 11.8 Å². The predicted octanol–water partition coefficient (Wildman–Crippen LogP) is 2.71. The second-order valence-electron chi connectivity index (χ2n) is 4.80. The Morgan fingerprint density at radius 2 is 1.83 bits per heavy atom. The Morgan fingerprint density at radius 3 is 2.28 bits per heavy atom. The van der Waals surface area contributed by atoms with Gasteiger partial charge in [-0.25, -0.2) is 8.42 Å². The van der Waals surface area contributed by atoms with Crippen molar-refractivity contribution < 1.29 is 8.42 Å². The van der Waals surface area contributed by atoms with Crippen LogP contribution >= 0.6 is 11.8 Å². The first-order valence-corrected chi connectivity index (χ1v) is 10.1. The van der Waals surface area contributed by atoms with Crippen LogP contribution in [0.1, 0.15) is 46.5 Å². The number of sulfone groups is 1. The van der Waals surface area contributed by atoms with Gasteiger partial charge in [0, 0.05) is 23.3 Å². The van der Waals surface area contributed by atoms with Crippen LogP contribution in [0.5, 0.6) is 0 Å². The molecule has 0 aliphatic heterocycles. The predicted molar refractivity (Wildman–Crippen MR) is 83.2 cm³/mol. The van der Waals surface area contributed by atoms with Crippen molar-refractivity contribution in [1.29, 1.82) is 0 Å². The van der Waals surface area contributed by atoms with E-state index in [1.807, 2.05) is 0 Å². The first-order valence-electron chi connectivity index (χ1n) is 6.97. The summed E-state index contributed by atoms with van der Waals surface area (Å²) in [4.78, 5) is 0. The average molecular weight is 296 g/mol. The first-order chi connectivity index (χ1) is 8.44. The quantitative estimate of drug-likeness (QED) is 0.636. The van der Waals surface area contributed by atoms with Crippen LogP contribution in [0.2, 0.25) is 0 Å². The monoisotopic (exact) mass is 295 g/mol. The second-order valence-corrected chi connectivity index (χ2v) is 8.40. The van der Waals surface area contributed by atoms with Gasteiger partial charge in [-0.1, -0.05) is 27.2 Å². The van der Waals surface area contributed by atoms with E-state index in [9.17, 15) is 8.42 Å². The number of rotatable bonds is 11. The van der Waals surface area contributed by atoms with Gasteiger partial charge in [0.2, 0.25) is 0 Å². The Bertz CT molecular complexity index is 291. The molecule has 2 unspecified atom stereocenters. The van der Waals surface area contributed by atoms with E-state index in [1.165, 1.54) is 19.1 Å². The van der Waals surface area contributed by atoms with Crippen molar-refractivity contribution >= 4 is 21.6 Å². The topological polar surface area (TPSA) is 46.2 Å². The standard InChI is InChI=1S/C13H29NO2S2/c1-5-8-12(14-9-6-2)13(7-3)17-10-11-18(4,15)16/h12-14H,5-11H2,1-4H3. The molecule has 1 N–H and O–H groups in total. The molecule has 0 heterocycles. The maximum absolute atomic E-state index is 11.1. The number of hydrogen-bond donors (Lipinski definition) is 1. The molecule has 2 atom stereocenters. The Hall–Kier alpha value is 0.260. The van der Waals surface area contributed by atoms with Crippen LogP contribution in [0.3, 0.4) is 0 Å². The first kappa shape index (κ1) is 18.3. The summed E-state index contributed by atoms with van der Waals surface area (Å²) in [5, 5.41) is 4.12. The van der Waals surface area contributed by atoms with E-state index in [0.29, 0.717) is 22.8 Å². The largest absolute Gasteiger partial charge is 0.313 e. The smallest absolute Gasteiger partial charge is 0.148 e. The third kappa shape index (κ3) is 9.22. The zero-order valence-corrected chi connectivity index (χ0v) is 13.9. The lowest BCUT2D eigenvalue weighted by Gasteiger charge is -2.26. The summed E-state index contributed by atoms with van der Waals surface area (Å²) in [5.74, 6) is 1.01. The van der Waals surface area contributed by atoms with E-state index in [4.69, 9.17) is 0 Å². The highest BCUT2D eigenvalue weighted by Gasteiger charge is 2.19. The van der Waals surface area contributed by atoms with Crippen molar-refractivity contribution in [3.05, 3.63) is 0 Å². The molecule has 0 saturated carbocycles. The molecule has 110 valence electrons. The lowest BCUT2D eigenvalue weighted by molar-refractivity contribution is 0.454. The third-order valence-electron chi connectivity index (χ3n) is 2.89. The fourth-order valence-electron chi connectivity index (χ4n) is 1.93. The van der Waals surface area contributed by atoms with E-state index in [2.05, 4.69) is 26.1 Å². The summed E-state index contributed by atoms with van der Waals surface area (Å²) in [7, 11) is -2.82. The molecule has 5 heteroatoms. The molecule has 0 spiro atoms. The molecule has 0 aromatic heterocycles. The molecule has 0 aliphatic carbocycles. The zero-order chi connectivity index (χ0) is 14.0. The average Bonchev–Trinajstić information content (AvgIpc) is 2.29. The molecule has 0 aliphatic rings. The lowest BCUT2D eigenvalue weighted by atomic mass is 10.1. The maximum atomic E-state index is 11.1. The van der Waals surface area contributed by atoms with Crippen LogP contribution in [0.25, 0.3) is 0 Å². The van der Waals surface area contributed by atoms with Gasteiger partial charge < -0.3 is 5.32 Å². The lowest BCUT2D eigenvalue weighted by Crippen LogP contribution is -2.38. The van der Waals surface area contributed by atoms with Crippen LogP contribution in [0.15, 0.2) is 0 Å². The third-order valence-corrected chi connectivity index (χ3v) is 5.63. The zero-order valence-electron chi connectivity index (χ0n) is 12.2. The second kappa shape index (κ2) is 10.1. The molecule has 0 rings (SSSR count). The molecule has 0 bridgehead atoms. The van der Waals surface area contributed by atoms with Crippen LogP contribution in [0.4, 0.5) is 0 Å². The normalized spacial score (nSPS) is 15.6. The van der Waals surface area contributed by atoms with Crippen LogP contribution in [-0.4, -0.2) is 44.0 Å². The van der Waals surface area contributed by atoms with Crippen molar-refractivity contribution in [1.82, 2.24) is 5.32 Å². The molecular formula is C13H29NO2S2. The summed E-state index contributed by atoms with van der Waals surface area (Å²) < 4.78 is 22.3. The van der Waals surface area contributed by atoms with Gasteiger partial charge in [-0.3, -0.25) is 0 Å². The number of hydrogen-bond acceptors (Lipinski definition) is 4. The van der Waals surface area contributed by atoms with Crippen molar-refractivity contribution in [2.75, 3.05) is 24.3 Å². The molecule has 0 aromatic carbocycles. The van der Waals surface area contributed by atoms with Gasteiger partial charge in [0.05, 0.1) is 5.75 Å². The molecule has 0 radical (unpaired) electrons. The highest BCUT2D eigenvalue weighted by molar-refractivity contribution is 8.01. The Balaban J connectivity index is 4.22. The van der Waals surface area contributed by atoms with Crippen LogP contribution in [-0.2, 0) is 9.84 Å². The molecule has 3 nitrogen and oxygen atoms in total. The molecular weight excluding hydrogens is 266 g/mol.